The average molecular weight is 234 g/mol. The lowest BCUT2D eigenvalue weighted by Gasteiger charge is -2.35. The number of non-ortho nitro benzene ring substituents is 1. The second-order valence-electron chi connectivity index (χ2n) is 4.23. The van der Waals surface area contributed by atoms with E-state index in [2.05, 4.69) is 6.58 Å². The zero-order chi connectivity index (χ0) is 12.6. The predicted molar refractivity (Wildman–Crippen MR) is 65.3 cm³/mol. The highest BCUT2D eigenvalue weighted by Crippen LogP contribution is 2.38. The van der Waals surface area contributed by atoms with Crippen molar-refractivity contribution in [3.63, 3.8) is 0 Å². The molecule has 0 aromatic heterocycles. The second-order valence-corrected chi connectivity index (χ2v) is 4.23. The summed E-state index contributed by atoms with van der Waals surface area (Å²) < 4.78 is 5.46. The van der Waals surface area contributed by atoms with Crippen LogP contribution in [0.5, 0.6) is 5.75 Å². The molecule has 5 nitrogen and oxygen atoms in total. The molecule has 0 spiro atoms. The van der Waals surface area contributed by atoms with Crippen molar-refractivity contribution in [2.75, 3.05) is 11.5 Å². The smallest absolute Gasteiger partial charge is 0.273 e. The molecule has 17 heavy (non-hydrogen) atoms. The van der Waals surface area contributed by atoms with Gasteiger partial charge in [0.05, 0.1) is 16.7 Å². The molecule has 0 amide bonds. The van der Waals surface area contributed by atoms with Crippen molar-refractivity contribution in [3.05, 3.63) is 40.6 Å². The number of hydrogen-bond donors (Lipinski definition) is 0. The lowest BCUT2D eigenvalue weighted by molar-refractivity contribution is -0.384. The SMILES string of the molecule is C=C1COc2cc([N+](=O)[O-])ccc2N1C(C)C. The van der Waals surface area contributed by atoms with Gasteiger partial charge in [0.15, 0.2) is 0 Å². The molecule has 1 heterocycles. The van der Waals surface area contributed by atoms with Crippen molar-refractivity contribution in [1.29, 1.82) is 0 Å². The van der Waals surface area contributed by atoms with Crippen molar-refractivity contribution in [1.82, 2.24) is 0 Å². The Morgan fingerprint density at radius 3 is 2.82 bits per heavy atom. The molecule has 1 aliphatic rings. The van der Waals surface area contributed by atoms with Crippen LogP contribution in [0.4, 0.5) is 11.4 Å². The first-order valence-corrected chi connectivity index (χ1v) is 5.39. The standard InChI is InChI=1S/C12H14N2O3/c1-8(2)13-9(3)7-17-12-6-10(14(15)16)4-5-11(12)13/h4-6,8H,3,7H2,1-2H3. The molecule has 5 heteroatoms. The zero-order valence-corrected chi connectivity index (χ0v) is 9.84. The van der Waals surface area contributed by atoms with Gasteiger partial charge in [-0.05, 0) is 19.9 Å². The Kier molecular flexibility index (Phi) is 2.75. The number of hydrogen-bond acceptors (Lipinski definition) is 4. The predicted octanol–water partition coefficient (Wildman–Crippen LogP) is 2.72. The molecule has 1 aromatic carbocycles. The number of nitro benzene ring substituents is 1. The molecule has 0 bridgehead atoms. The van der Waals surface area contributed by atoms with Crippen LogP contribution in [0.25, 0.3) is 0 Å². The minimum Gasteiger partial charge on any atom is -0.485 e. The van der Waals surface area contributed by atoms with Gasteiger partial charge < -0.3 is 9.64 Å². The highest BCUT2D eigenvalue weighted by atomic mass is 16.6. The first-order valence-electron chi connectivity index (χ1n) is 5.39. The summed E-state index contributed by atoms with van der Waals surface area (Å²) in [7, 11) is 0. The number of ether oxygens (including phenoxy) is 1. The van der Waals surface area contributed by atoms with Crippen LogP contribution in [0.15, 0.2) is 30.5 Å². The minimum absolute atomic E-state index is 0.0416. The van der Waals surface area contributed by atoms with Crippen LogP contribution in [-0.4, -0.2) is 17.6 Å². The zero-order valence-electron chi connectivity index (χ0n) is 9.84. The van der Waals surface area contributed by atoms with Gasteiger partial charge in [-0.3, -0.25) is 10.1 Å². The fourth-order valence-electron chi connectivity index (χ4n) is 1.98. The molecular formula is C12H14N2O3. The summed E-state index contributed by atoms with van der Waals surface area (Å²) in [5.41, 5.74) is 1.74. The monoisotopic (exact) mass is 234 g/mol. The molecular weight excluding hydrogens is 220 g/mol. The van der Waals surface area contributed by atoms with Crippen LogP contribution in [-0.2, 0) is 0 Å². The van der Waals surface area contributed by atoms with Crippen LogP contribution in [0, 0.1) is 10.1 Å². The van der Waals surface area contributed by atoms with E-state index in [-0.39, 0.29) is 11.7 Å². The minimum atomic E-state index is -0.424. The van der Waals surface area contributed by atoms with Crippen LogP contribution in [0.2, 0.25) is 0 Å². The molecule has 0 N–H and O–H groups in total. The van der Waals surface area contributed by atoms with Crippen LogP contribution >= 0.6 is 0 Å². The van der Waals surface area contributed by atoms with E-state index >= 15 is 0 Å². The molecule has 1 aromatic rings. The number of rotatable bonds is 2. The molecule has 0 aliphatic carbocycles. The Balaban J connectivity index is 2.48. The van der Waals surface area contributed by atoms with Gasteiger partial charge in [-0.25, -0.2) is 0 Å². The first kappa shape index (κ1) is 11.4. The van der Waals surface area contributed by atoms with Crippen molar-refractivity contribution in [2.24, 2.45) is 0 Å². The molecule has 0 unspecified atom stereocenters. The van der Waals surface area contributed by atoms with E-state index in [1.54, 1.807) is 6.07 Å². The highest BCUT2D eigenvalue weighted by Gasteiger charge is 2.25. The van der Waals surface area contributed by atoms with E-state index in [9.17, 15) is 10.1 Å². The van der Waals surface area contributed by atoms with Crippen LogP contribution < -0.4 is 9.64 Å². The van der Waals surface area contributed by atoms with Crippen molar-refractivity contribution in [3.8, 4) is 5.75 Å². The van der Waals surface area contributed by atoms with Gasteiger partial charge in [0, 0.05) is 17.8 Å². The molecule has 0 fully saturated rings. The Hall–Kier alpha value is -2.04. The molecule has 0 saturated carbocycles. The largest absolute Gasteiger partial charge is 0.485 e. The third kappa shape index (κ3) is 1.95. The molecule has 0 saturated heterocycles. The van der Waals surface area contributed by atoms with Gasteiger partial charge in [-0.1, -0.05) is 6.58 Å². The lowest BCUT2D eigenvalue weighted by Crippen LogP contribution is -2.35. The Labute approximate surface area is 99.5 Å². The number of benzene rings is 1. The lowest BCUT2D eigenvalue weighted by atomic mass is 10.1. The quantitative estimate of drug-likeness (QED) is 0.583. The van der Waals surface area contributed by atoms with Crippen molar-refractivity contribution >= 4 is 11.4 Å². The normalized spacial score (nSPS) is 14.5. The summed E-state index contributed by atoms with van der Waals surface area (Å²) in [5.74, 6) is 0.542. The van der Waals surface area contributed by atoms with E-state index in [0.29, 0.717) is 12.4 Å². The van der Waals surface area contributed by atoms with Crippen molar-refractivity contribution in [2.45, 2.75) is 19.9 Å². The van der Waals surface area contributed by atoms with Gasteiger partial charge in [-0.15, -0.1) is 0 Å². The highest BCUT2D eigenvalue weighted by molar-refractivity contribution is 5.67. The van der Waals surface area contributed by atoms with E-state index in [1.807, 2.05) is 18.7 Å². The number of anilines is 1. The molecule has 90 valence electrons. The van der Waals surface area contributed by atoms with Gasteiger partial charge >= 0.3 is 0 Å². The van der Waals surface area contributed by atoms with E-state index in [0.717, 1.165) is 11.4 Å². The van der Waals surface area contributed by atoms with Gasteiger partial charge in [0.2, 0.25) is 0 Å². The summed E-state index contributed by atoms with van der Waals surface area (Å²) in [6.07, 6.45) is 0. The summed E-state index contributed by atoms with van der Waals surface area (Å²) >= 11 is 0. The third-order valence-corrected chi connectivity index (χ3v) is 2.67. The third-order valence-electron chi connectivity index (χ3n) is 2.67. The molecule has 1 aliphatic heterocycles. The van der Waals surface area contributed by atoms with Gasteiger partial charge in [-0.2, -0.15) is 0 Å². The molecule has 2 rings (SSSR count). The van der Waals surface area contributed by atoms with E-state index in [4.69, 9.17) is 4.74 Å². The fourth-order valence-corrected chi connectivity index (χ4v) is 1.98. The number of fused-ring (bicyclic) bond motifs is 1. The van der Waals surface area contributed by atoms with Crippen molar-refractivity contribution < 1.29 is 9.66 Å². The first-order chi connectivity index (χ1) is 8.00. The average Bonchev–Trinajstić information content (AvgIpc) is 2.27. The number of nitro groups is 1. The topological polar surface area (TPSA) is 55.6 Å². The Morgan fingerprint density at radius 1 is 1.53 bits per heavy atom. The fraction of sp³-hybridized carbons (Fsp3) is 0.333. The maximum atomic E-state index is 10.7. The molecule has 0 radical (unpaired) electrons. The van der Waals surface area contributed by atoms with Crippen LogP contribution in [0.3, 0.4) is 0 Å². The number of nitrogens with zero attached hydrogens (tertiary/aromatic N) is 2. The Morgan fingerprint density at radius 2 is 2.24 bits per heavy atom. The van der Waals surface area contributed by atoms with E-state index in [1.165, 1.54) is 12.1 Å². The maximum Gasteiger partial charge on any atom is 0.273 e. The summed E-state index contributed by atoms with van der Waals surface area (Å²) in [6.45, 7) is 8.39. The summed E-state index contributed by atoms with van der Waals surface area (Å²) in [5, 5.41) is 10.7. The van der Waals surface area contributed by atoms with Crippen LogP contribution in [0.1, 0.15) is 13.8 Å². The van der Waals surface area contributed by atoms with Gasteiger partial charge in [0.1, 0.15) is 12.4 Å². The summed E-state index contributed by atoms with van der Waals surface area (Å²) in [6, 6.07) is 4.89. The van der Waals surface area contributed by atoms with E-state index < -0.39 is 4.92 Å². The second kappa shape index (κ2) is 4.08. The molecule has 0 atom stereocenters. The Bertz CT molecular complexity index is 483. The summed E-state index contributed by atoms with van der Waals surface area (Å²) in [4.78, 5) is 12.3. The maximum absolute atomic E-state index is 10.7. The van der Waals surface area contributed by atoms with Gasteiger partial charge in [0.25, 0.3) is 5.69 Å².